The van der Waals surface area contributed by atoms with Gasteiger partial charge in [-0.1, -0.05) is 43.2 Å². The third-order valence-corrected chi connectivity index (χ3v) is 10.3. The summed E-state index contributed by atoms with van der Waals surface area (Å²) in [7, 11) is -1.63. The molecule has 2 spiro atoms. The van der Waals surface area contributed by atoms with Crippen molar-refractivity contribution < 1.29 is 17.9 Å². The number of carbonyl (C=O) groups is 1. The second-order valence-electron chi connectivity index (χ2n) is 12.0. The number of fused-ring (bicyclic) bond motifs is 3. The first-order chi connectivity index (χ1) is 18.6. The Kier molecular flexibility index (Phi) is 6.75. The normalized spacial score (nSPS) is 28.3. The zero-order chi connectivity index (χ0) is 27.4. The number of rotatable bonds is 8. The van der Waals surface area contributed by atoms with Gasteiger partial charge in [0, 0.05) is 18.2 Å². The predicted octanol–water partition coefficient (Wildman–Crippen LogP) is 4.64. The minimum absolute atomic E-state index is 0.00272. The fourth-order valence-electron chi connectivity index (χ4n) is 7.17. The van der Waals surface area contributed by atoms with Crippen LogP contribution in [-0.4, -0.2) is 43.8 Å². The van der Waals surface area contributed by atoms with Gasteiger partial charge in [0.25, 0.3) is 5.91 Å². The van der Waals surface area contributed by atoms with E-state index in [2.05, 4.69) is 28.2 Å². The number of amides is 1. The molecule has 2 aromatic carbocycles. The standard InChI is InChI=1S/C30H37N3O4S2/c1-37-25-12-14-29(15-13-25)18-23-11-10-21(9-8-20-6-7-20)17-26(23)30(29)27(34)33(28(38)31-30)19-22-4-3-5-24(16-22)32-39(2,35)36/h3-5,10-11,16-17,20,25,32H,6-9,12-15,18-19H2,1-2H3,(H,31,38). The Hall–Kier alpha value is -2.49. The largest absolute Gasteiger partial charge is 0.381 e. The van der Waals surface area contributed by atoms with E-state index in [0.717, 1.165) is 61.8 Å². The lowest BCUT2D eigenvalue weighted by molar-refractivity contribution is -0.138. The minimum atomic E-state index is -3.41. The first-order valence-corrected chi connectivity index (χ1v) is 16.3. The molecule has 1 unspecified atom stereocenters. The number of nitrogens with zero attached hydrogens (tertiary/aromatic N) is 1. The van der Waals surface area contributed by atoms with Crippen molar-refractivity contribution in [1.29, 1.82) is 0 Å². The van der Waals surface area contributed by atoms with Crippen LogP contribution < -0.4 is 10.0 Å². The number of nitrogens with one attached hydrogen (secondary N) is 2. The summed E-state index contributed by atoms with van der Waals surface area (Å²) < 4.78 is 31.8. The number of methoxy groups -OCH3 is 1. The van der Waals surface area contributed by atoms with Gasteiger partial charge in [0.15, 0.2) is 10.7 Å². The first kappa shape index (κ1) is 26.7. The van der Waals surface area contributed by atoms with Gasteiger partial charge in [-0.25, -0.2) is 8.42 Å². The zero-order valence-corrected chi connectivity index (χ0v) is 24.3. The smallest absolute Gasteiger partial charge is 0.260 e. The van der Waals surface area contributed by atoms with Gasteiger partial charge in [0.2, 0.25) is 10.0 Å². The van der Waals surface area contributed by atoms with E-state index in [1.807, 2.05) is 6.07 Å². The molecule has 2 saturated carbocycles. The molecule has 39 heavy (non-hydrogen) atoms. The Morgan fingerprint density at radius 1 is 1.10 bits per heavy atom. The van der Waals surface area contributed by atoms with Crippen molar-refractivity contribution in [3.8, 4) is 0 Å². The van der Waals surface area contributed by atoms with Crippen LogP contribution in [0.2, 0.25) is 0 Å². The highest BCUT2D eigenvalue weighted by Gasteiger charge is 2.67. The third-order valence-electron chi connectivity index (χ3n) is 9.34. The molecule has 0 bridgehead atoms. The Morgan fingerprint density at radius 2 is 1.87 bits per heavy atom. The summed E-state index contributed by atoms with van der Waals surface area (Å²) in [5.41, 5.74) is 3.75. The summed E-state index contributed by atoms with van der Waals surface area (Å²) in [4.78, 5) is 16.4. The van der Waals surface area contributed by atoms with Crippen molar-refractivity contribution in [3.05, 3.63) is 64.7 Å². The number of hydrogen-bond donors (Lipinski definition) is 2. The van der Waals surface area contributed by atoms with Gasteiger partial charge in [0.05, 0.1) is 18.9 Å². The maximum atomic E-state index is 14.7. The third kappa shape index (κ3) is 4.87. The average molecular weight is 568 g/mol. The van der Waals surface area contributed by atoms with Crippen LogP contribution in [0.5, 0.6) is 0 Å². The molecule has 208 valence electrons. The number of anilines is 1. The van der Waals surface area contributed by atoms with Crippen molar-refractivity contribution in [2.75, 3.05) is 18.1 Å². The van der Waals surface area contributed by atoms with Crippen molar-refractivity contribution in [1.82, 2.24) is 10.2 Å². The highest BCUT2D eigenvalue weighted by Crippen LogP contribution is 2.60. The molecule has 1 heterocycles. The van der Waals surface area contributed by atoms with Crippen LogP contribution in [-0.2, 0) is 44.5 Å². The molecular formula is C30H37N3O4S2. The van der Waals surface area contributed by atoms with E-state index in [4.69, 9.17) is 17.0 Å². The second kappa shape index (κ2) is 9.85. The van der Waals surface area contributed by atoms with E-state index in [9.17, 15) is 13.2 Å². The molecule has 1 aliphatic heterocycles. The van der Waals surface area contributed by atoms with Gasteiger partial charge in [-0.15, -0.1) is 0 Å². The average Bonchev–Trinajstić information content (AvgIpc) is 3.65. The van der Waals surface area contributed by atoms with E-state index >= 15 is 0 Å². The molecule has 4 aliphatic rings. The highest BCUT2D eigenvalue weighted by molar-refractivity contribution is 7.92. The van der Waals surface area contributed by atoms with E-state index in [-0.39, 0.29) is 24.0 Å². The van der Waals surface area contributed by atoms with Crippen molar-refractivity contribution in [2.24, 2.45) is 11.3 Å². The Morgan fingerprint density at radius 3 is 2.56 bits per heavy atom. The maximum Gasteiger partial charge on any atom is 0.260 e. The number of ether oxygens (including phenoxy) is 1. The summed E-state index contributed by atoms with van der Waals surface area (Å²) in [5.74, 6) is 0.855. The second-order valence-corrected chi connectivity index (χ2v) is 14.1. The summed E-state index contributed by atoms with van der Waals surface area (Å²) in [6.45, 7) is 0.277. The van der Waals surface area contributed by atoms with Gasteiger partial charge in [-0.3, -0.25) is 14.4 Å². The Labute approximate surface area is 236 Å². The lowest BCUT2D eigenvalue weighted by Gasteiger charge is -2.46. The van der Waals surface area contributed by atoms with Gasteiger partial charge in [-0.05, 0) is 97.5 Å². The Balaban J connectivity index is 1.35. The number of aryl methyl sites for hydroxylation is 1. The SMILES string of the molecule is COC1CCC2(CC1)Cc1ccc(CCC3CC3)cc1C21NC(=S)N(Cc2cccc(NS(C)(=O)=O)c2)C1=O. The topological polar surface area (TPSA) is 87.7 Å². The molecule has 9 heteroatoms. The molecule has 2 N–H and O–H groups in total. The molecule has 6 rings (SSSR count). The number of thiocarbonyl (C=S) groups is 1. The number of benzene rings is 2. The lowest BCUT2D eigenvalue weighted by Crippen LogP contribution is -2.56. The van der Waals surface area contributed by atoms with Gasteiger partial charge >= 0.3 is 0 Å². The van der Waals surface area contributed by atoms with E-state index in [1.54, 1.807) is 30.2 Å². The molecule has 1 amide bonds. The van der Waals surface area contributed by atoms with Gasteiger partial charge in [0.1, 0.15) is 0 Å². The molecule has 0 radical (unpaired) electrons. The zero-order valence-electron chi connectivity index (χ0n) is 22.7. The van der Waals surface area contributed by atoms with Gasteiger partial charge in [-0.2, -0.15) is 0 Å². The number of sulfonamides is 1. The molecule has 2 aromatic rings. The van der Waals surface area contributed by atoms with Crippen LogP contribution in [0.25, 0.3) is 0 Å². The van der Waals surface area contributed by atoms with Crippen LogP contribution in [0.1, 0.15) is 67.2 Å². The summed E-state index contributed by atoms with van der Waals surface area (Å²) in [6, 6.07) is 13.9. The van der Waals surface area contributed by atoms with Gasteiger partial charge < -0.3 is 10.1 Å². The van der Waals surface area contributed by atoms with Crippen LogP contribution in [0.4, 0.5) is 5.69 Å². The number of hydrogen-bond acceptors (Lipinski definition) is 5. The van der Waals surface area contributed by atoms with Crippen LogP contribution in [0.15, 0.2) is 42.5 Å². The lowest BCUT2D eigenvalue weighted by atomic mass is 9.61. The molecule has 1 atom stereocenters. The molecular weight excluding hydrogens is 530 g/mol. The quantitative estimate of drug-likeness (QED) is 0.452. The summed E-state index contributed by atoms with van der Waals surface area (Å²) >= 11 is 5.86. The van der Waals surface area contributed by atoms with Crippen molar-refractivity contribution in [3.63, 3.8) is 0 Å². The van der Waals surface area contributed by atoms with E-state index in [0.29, 0.717) is 10.8 Å². The maximum absolute atomic E-state index is 14.7. The fraction of sp³-hybridized carbons (Fsp3) is 0.533. The molecule has 7 nitrogen and oxygen atoms in total. The summed E-state index contributed by atoms with van der Waals surface area (Å²) in [6.07, 6.45) is 10.7. The first-order valence-electron chi connectivity index (χ1n) is 14.0. The highest BCUT2D eigenvalue weighted by atomic mass is 32.2. The Bertz CT molecular complexity index is 1410. The van der Waals surface area contributed by atoms with E-state index < -0.39 is 15.6 Å². The molecule has 0 aromatic heterocycles. The van der Waals surface area contributed by atoms with Crippen LogP contribution in [0.3, 0.4) is 0 Å². The van der Waals surface area contributed by atoms with Crippen LogP contribution in [0, 0.1) is 11.3 Å². The molecule has 3 fully saturated rings. The molecule has 3 aliphatic carbocycles. The molecule has 1 saturated heterocycles. The fourth-order valence-corrected chi connectivity index (χ4v) is 8.02. The summed E-state index contributed by atoms with van der Waals surface area (Å²) in [5, 5.41) is 4.05. The van der Waals surface area contributed by atoms with E-state index in [1.165, 1.54) is 30.4 Å². The van der Waals surface area contributed by atoms with Crippen molar-refractivity contribution in [2.45, 2.75) is 76.0 Å². The monoisotopic (exact) mass is 567 g/mol. The predicted molar refractivity (Wildman–Crippen MR) is 156 cm³/mol. The van der Waals surface area contributed by atoms with Crippen LogP contribution >= 0.6 is 12.2 Å². The van der Waals surface area contributed by atoms with Crippen molar-refractivity contribution >= 4 is 38.9 Å². The number of carbonyl (C=O) groups excluding carboxylic acids is 1. The minimum Gasteiger partial charge on any atom is -0.381 e.